The van der Waals surface area contributed by atoms with Crippen LogP contribution in [0.2, 0.25) is 0 Å². The number of thioether (sulfide) groups is 1. The van der Waals surface area contributed by atoms with Crippen LogP contribution in [0.15, 0.2) is 18.2 Å². The third-order valence-corrected chi connectivity index (χ3v) is 3.59. The van der Waals surface area contributed by atoms with Gasteiger partial charge in [-0.15, -0.1) is 0 Å². The van der Waals surface area contributed by atoms with Crippen molar-refractivity contribution in [1.82, 2.24) is 0 Å². The molecule has 1 rings (SSSR count). The minimum absolute atomic E-state index is 0.124. The van der Waals surface area contributed by atoms with Gasteiger partial charge in [-0.2, -0.15) is 11.8 Å². The Bertz CT molecular complexity index is 381. The van der Waals surface area contributed by atoms with E-state index in [4.69, 9.17) is 5.11 Å². The molecule has 16 heavy (non-hydrogen) atoms. The number of nitrogens with zero attached hydrogens (tertiary/aromatic N) is 1. The molecule has 0 spiro atoms. The molecule has 0 aromatic heterocycles. The second kappa shape index (κ2) is 5.86. The normalized spacial score (nSPS) is 12.4. The molecule has 0 radical (unpaired) electrons. The average Bonchev–Trinajstić information content (AvgIpc) is 2.26. The van der Waals surface area contributed by atoms with Gasteiger partial charge in [-0.1, -0.05) is 19.1 Å². The fourth-order valence-corrected chi connectivity index (χ4v) is 2.19. The average molecular weight is 241 g/mol. The van der Waals surface area contributed by atoms with Crippen molar-refractivity contribution in [2.24, 2.45) is 0 Å². The van der Waals surface area contributed by atoms with E-state index in [0.29, 0.717) is 11.3 Å². The molecule has 0 aliphatic rings. The summed E-state index contributed by atoms with van der Waals surface area (Å²) in [5.74, 6) is 0.690. The first-order chi connectivity index (χ1) is 7.56. The summed E-state index contributed by atoms with van der Waals surface area (Å²) in [7, 11) is 0. The molecule has 0 saturated heterocycles. The van der Waals surface area contributed by atoms with E-state index < -0.39 is 0 Å². The predicted octanol–water partition coefficient (Wildman–Crippen LogP) is 2.52. The lowest BCUT2D eigenvalue weighted by Crippen LogP contribution is -2.03. The molecule has 4 nitrogen and oxygen atoms in total. The maximum atomic E-state index is 10.7. The zero-order valence-electron chi connectivity index (χ0n) is 9.34. The van der Waals surface area contributed by atoms with Gasteiger partial charge in [0.2, 0.25) is 0 Å². The van der Waals surface area contributed by atoms with Crippen molar-refractivity contribution >= 4 is 17.4 Å². The fraction of sp³-hybridized carbons (Fsp3) is 0.455. The summed E-state index contributed by atoms with van der Waals surface area (Å²) in [5.41, 5.74) is 1.83. The van der Waals surface area contributed by atoms with Gasteiger partial charge in [0, 0.05) is 22.6 Å². The number of aliphatic hydroxyl groups is 1. The van der Waals surface area contributed by atoms with Crippen molar-refractivity contribution in [2.45, 2.75) is 24.9 Å². The highest BCUT2D eigenvalue weighted by atomic mass is 32.2. The maximum Gasteiger partial charge on any atom is 0.272 e. The van der Waals surface area contributed by atoms with E-state index in [1.165, 1.54) is 6.07 Å². The minimum Gasteiger partial charge on any atom is -0.395 e. The number of nitro benzene ring substituents is 1. The summed E-state index contributed by atoms with van der Waals surface area (Å²) in [6.45, 7) is 3.81. The van der Waals surface area contributed by atoms with Crippen molar-refractivity contribution in [3.05, 3.63) is 39.4 Å². The molecule has 0 aliphatic carbocycles. The van der Waals surface area contributed by atoms with E-state index in [1.807, 2.05) is 13.0 Å². The Morgan fingerprint density at radius 2 is 2.25 bits per heavy atom. The van der Waals surface area contributed by atoms with Gasteiger partial charge in [0.25, 0.3) is 5.69 Å². The Labute approximate surface area is 98.8 Å². The van der Waals surface area contributed by atoms with Crippen LogP contribution in [0.25, 0.3) is 0 Å². The maximum absolute atomic E-state index is 10.7. The van der Waals surface area contributed by atoms with Crippen LogP contribution in [-0.2, 0) is 5.75 Å². The molecule has 0 amide bonds. The second-order valence-electron chi connectivity index (χ2n) is 3.62. The first-order valence-corrected chi connectivity index (χ1v) is 6.06. The van der Waals surface area contributed by atoms with Crippen LogP contribution < -0.4 is 0 Å². The van der Waals surface area contributed by atoms with Gasteiger partial charge in [0.15, 0.2) is 0 Å². The molecule has 0 fully saturated rings. The van der Waals surface area contributed by atoms with Crippen molar-refractivity contribution < 1.29 is 10.0 Å². The molecule has 1 N–H and O–H groups in total. The highest BCUT2D eigenvalue weighted by molar-refractivity contribution is 7.99. The first-order valence-electron chi connectivity index (χ1n) is 5.01. The van der Waals surface area contributed by atoms with E-state index in [0.717, 1.165) is 5.56 Å². The SMILES string of the molecule is Cc1c(CSC(C)CO)cccc1[N+](=O)[O-]. The van der Waals surface area contributed by atoms with Gasteiger partial charge in [-0.25, -0.2) is 0 Å². The summed E-state index contributed by atoms with van der Waals surface area (Å²) in [6.07, 6.45) is 0. The molecule has 0 aliphatic heterocycles. The highest BCUT2D eigenvalue weighted by Gasteiger charge is 2.13. The molecule has 0 saturated carbocycles. The van der Waals surface area contributed by atoms with Crippen molar-refractivity contribution in [2.75, 3.05) is 6.61 Å². The fourth-order valence-electron chi connectivity index (χ4n) is 1.31. The molecule has 1 aromatic rings. The summed E-state index contributed by atoms with van der Waals surface area (Å²) in [5, 5.41) is 19.8. The third kappa shape index (κ3) is 3.21. The monoisotopic (exact) mass is 241 g/mol. The van der Waals surface area contributed by atoms with Gasteiger partial charge in [-0.3, -0.25) is 10.1 Å². The van der Waals surface area contributed by atoms with Crippen molar-refractivity contribution in [3.63, 3.8) is 0 Å². The number of hydrogen-bond donors (Lipinski definition) is 1. The van der Waals surface area contributed by atoms with E-state index >= 15 is 0 Å². The molecule has 1 unspecified atom stereocenters. The number of aliphatic hydroxyl groups excluding tert-OH is 1. The number of hydrogen-bond acceptors (Lipinski definition) is 4. The number of rotatable bonds is 5. The van der Waals surface area contributed by atoms with Crippen LogP contribution in [0, 0.1) is 17.0 Å². The predicted molar refractivity (Wildman–Crippen MR) is 65.7 cm³/mol. The van der Waals surface area contributed by atoms with Gasteiger partial charge in [-0.05, 0) is 12.5 Å². The van der Waals surface area contributed by atoms with Gasteiger partial charge >= 0.3 is 0 Å². The van der Waals surface area contributed by atoms with Crippen LogP contribution in [0.1, 0.15) is 18.1 Å². The van der Waals surface area contributed by atoms with E-state index in [-0.39, 0.29) is 22.5 Å². The molecular weight excluding hydrogens is 226 g/mol. The van der Waals surface area contributed by atoms with Crippen LogP contribution in [0.5, 0.6) is 0 Å². The molecule has 1 atom stereocenters. The lowest BCUT2D eigenvalue weighted by Gasteiger charge is -2.09. The first kappa shape index (κ1) is 13.0. The zero-order chi connectivity index (χ0) is 12.1. The van der Waals surface area contributed by atoms with Gasteiger partial charge < -0.3 is 5.11 Å². The summed E-state index contributed by atoms with van der Waals surface area (Å²) in [6, 6.07) is 5.10. The summed E-state index contributed by atoms with van der Waals surface area (Å²) in [4.78, 5) is 10.4. The molecule has 5 heteroatoms. The van der Waals surface area contributed by atoms with Crippen LogP contribution >= 0.6 is 11.8 Å². The lowest BCUT2D eigenvalue weighted by atomic mass is 10.1. The van der Waals surface area contributed by atoms with Crippen molar-refractivity contribution in [1.29, 1.82) is 0 Å². The van der Waals surface area contributed by atoms with Gasteiger partial charge in [0.1, 0.15) is 0 Å². The Kier molecular flexibility index (Phi) is 4.76. The van der Waals surface area contributed by atoms with Gasteiger partial charge in [0.05, 0.1) is 11.5 Å². The van der Waals surface area contributed by atoms with Crippen LogP contribution in [-0.4, -0.2) is 21.9 Å². The van der Waals surface area contributed by atoms with E-state index in [2.05, 4.69) is 0 Å². The van der Waals surface area contributed by atoms with E-state index in [1.54, 1.807) is 24.8 Å². The standard InChI is InChI=1S/C11H15NO3S/c1-8(6-13)16-7-10-4-3-5-11(9(10)2)12(14)15/h3-5,8,13H,6-7H2,1-2H3. The molecule has 88 valence electrons. The molecule has 1 aromatic carbocycles. The molecule has 0 heterocycles. The van der Waals surface area contributed by atoms with Crippen molar-refractivity contribution in [3.8, 4) is 0 Å². The van der Waals surface area contributed by atoms with Crippen LogP contribution in [0.4, 0.5) is 5.69 Å². The Morgan fingerprint density at radius 1 is 1.56 bits per heavy atom. The zero-order valence-corrected chi connectivity index (χ0v) is 10.2. The molecule has 0 bridgehead atoms. The summed E-state index contributed by atoms with van der Waals surface area (Å²) >= 11 is 1.59. The van der Waals surface area contributed by atoms with E-state index in [9.17, 15) is 10.1 Å². The third-order valence-electron chi connectivity index (χ3n) is 2.39. The second-order valence-corrected chi connectivity index (χ2v) is 5.05. The number of nitro groups is 1. The quantitative estimate of drug-likeness (QED) is 0.635. The minimum atomic E-state index is -0.362. The lowest BCUT2D eigenvalue weighted by molar-refractivity contribution is -0.385. The Balaban J connectivity index is 2.81. The molecular formula is C11H15NO3S. The Hall–Kier alpha value is -1.07. The largest absolute Gasteiger partial charge is 0.395 e. The van der Waals surface area contributed by atoms with Crippen LogP contribution in [0.3, 0.4) is 0 Å². The smallest absolute Gasteiger partial charge is 0.272 e. The number of benzene rings is 1. The highest BCUT2D eigenvalue weighted by Crippen LogP contribution is 2.25. The Morgan fingerprint density at radius 3 is 2.81 bits per heavy atom. The summed E-state index contributed by atoms with van der Waals surface area (Å²) < 4.78 is 0. The topological polar surface area (TPSA) is 63.4 Å².